The first-order valence-corrected chi connectivity index (χ1v) is 6.94. The van der Waals surface area contributed by atoms with Crippen molar-refractivity contribution in [3.8, 4) is 0 Å². The highest BCUT2D eigenvalue weighted by Gasteiger charge is 2.36. The monoisotopic (exact) mass is 265 g/mol. The fourth-order valence-electron chi connectivity index (χ4n) is 3.31. The molecule has 5 nitrogen and oxygen atoms in total. The summed E-state index contributed by atoms with van der Waals surface area (Å²) in [5.74, 6) is 1.32. The molecule has 19 heavy (non-hydrogen) atoms. The summed E-state index contributed by atoms with van der Waals surface area (Å²) in [6.07, 6.45) is 4.39. The van der Waals surface area contributed by atoms with E-state index in [1.807, 2.05) is 6.92 Å². The van der Waals surface area contributed by atoms with Crippen molar-refractivity contribution in [2.45, 2.75) is 53.0 Å². The van der Waals surface area contributed by atoms with Crippen LogP contribution in [0.15, 0.2) is 10.9 Å². The molecule has 0 spiro atoms. The van der Waals surface area contributed by atoms with Gasteiger partial charge in [0.2, 0.25) is 12.3 Å². The maximum absolute atomic E-state index is 12.3. The predicted octanol–water partition coefficient (Wildman–Crippen LogP) is 2.71. The lowest BCUT2D eigenvalue weighted by Crippen LogP contribution is -2.39. The van der Waals surface area contributed by atoms with Crippen LogP contribution in [0.3, 0.4) is 0 Å². The smallest absolute Gasteiger partial charge is 0.223 e. The minimum atomic E-state index is -0.202. The third-order valence-corrected chi connectivity index (χ3v) is 3.88. The van der Waals surface area contributed by atoms with E-state index in [0.717, 1.165) is 12.8 Å². The lowest BCUT2D eigenvalue weighted by Gasteiger charge is -2.38. The van der Waals surface area contributed by atoms with Crippen molar-refractivity contribution in [2.24, 2.45) is 17.3 Å². The van der Waals surface area contributed by atoms with Crippen LogP contribution in [0.2, 0.25) is 0 Å². The summed E-state index contributed by atoms with van der Waals surface area (Å²) >= 11 is 0. The Morgan fingerprint density at radius 2 is 2.26 bits per heavy atom. The topological polar surface area (TPSA) is 68.0 Å². The Balaban J connectivity index is 1.96. The van der Waals surface area contributed by atoms with Gasteiger partial charge in [0.25, 0.3) is 0 Å². The van der Waals surface area contributed by atoms with Crippen LogP contribution in [0.5, 0.6) is 0 Å². The predicted molar refractivity (Wildman–Crippen MR) is 71.1 cm³/mol. The Labute approximate surface area is 114 Å². The first-order valence-electron chi connectivity index (χ1n) is 6.94. The molecule has 1 aliphatic carbocycles. The molecule has 1 aliphatic rings. The minimum Gasteiger partial charge on any atom is -0.346 e. The van der Waals surface area contributed by atoms with E-state index in [1.165, 1.54) is 12.8 Å². The van der Waals surface area contributed by atoms with Crippen LogP contribution in [-0.4, -0.2) is 16.0 Å². The van der Waals surface area contributed by atoms with Gasteiger partial charge < -0.3 is 9.84 Å². The molecular formula is C14H23N3O2. The summed E-state index contributed by atoms with van der Waals surface area (Å²) in [5.41, 5.74) is 0.245. The van der Waals surface area contributed by atoms with Crippen molar-refractivity contribution in [1.82, 2.24) is 15.5 Å². The molecule has 1 aromatic rings. The van der Waals surface area contributed by atoms with Crippen molar-refractivity contribution < 1.29 is 9.32 Å². The Morgan fingerprint density at radius 3 is 2.84 bits per heavy atom. The van der Waals surface area contributed by atoms with E-state index in [9.17, 15) is 4.79 Å². The Bertz CT molecular complexity index is 428. The quantitative estimate of drug-likeness (QED) is 0.912. The van der Waals surface area contributed by atoms with E-state index < -0.39 is 0 Å². The summed E-state index contributed by atoms with van der Waals surface area (Å²) in [6.45, 7) is 8.58. The molecular weight excluding hydrogens is 242 g/mol. The van der Waals surface area contributed by atoms with Gasteiger partial charge >= 0.3 is 0 Å². The van der Waals surface area contributed by atoms with Gasteiger partial charge in [-0.2, -0.15) is 4.98 Å². The highest BCUT2D eigenvalue weighted by Crippen LogP contribution is 2.41. The number of nitrogens with zero attached hydrogens (tertiary/aromatic N) is 2. The number of nitrogens with one attached hydrogen (secondary N) is 1. The van der Waals surface area contributed by atoms with E-state index in [2.05, 4.69) is 36.2 Å². The Hall–Kier alpha value is -1.39. The molecule has 0 aliphatic heterocycles. The second-order valence-corrected chi connectivity index (χ2v) is 6.63. The third-order valence-electron chi connectivity index (χ3n) is 3.88. The van der Waals surface area contributed by atoms with E-state index in [0.29, 0.717) is 11.7 Å². The molecule has 1 heterocycles. The summed E-state index contributed by atoms with van der Waals surface area (Å²) in [4.78, 5) is 16.3. The lowest BCUT2D eigenvalue weighted by atomic mass is 9.68. The number of hydrogen-bond acceptors (Lipinski definition) is 4. The summed E-state index contributed by atoms with van der Waals surface area (Å²) < 4.78 is 4.70. The summed E-state index contributed by atoms with van der Waals surface area (Å²) in [5, 5.41) is 6.74. The molecule has 2 rings (SSSR count). The largest absolute Gasteiger partial charge is 0.346 e. The zero-order valence-corrected chi connectivity index (χ0v) is 12.1. The minimum absolute atomic E-state index is 0.0908. The van der Waals surface area contributed by atoms with Crippen molar-refractivity contribution in [1.29, 1.82) is 0 Å². The SMILES string of the molecule is C[C@@H]1C[C@H](C(=O)N[C@H](C)c2ncon2)CC(C)(C)C1. The van der Waals surface area contributed by atoms with Crippen molar-refractivity contribution in [3.63, 3.8) is 0 Å². The van der Waals surface area contributed by atoms with Crippen molar-refractivity contribution >= 4 is 5.91 Å². The van der Waals surface area contributed by atoms with Crippen LogP contribution in [0.4, 0.5) is 0 Å². The third kappa shape index (κ3) is 3.55. The maximum atomic E-state index is 12.3. The summed E-state index contributed by atoms with van der Waals surface area (Å²) in [6, 6.07) is -0.202. The fourth-order valence-corrected chi connectivity index (χ4v) is 3.31. The van der Waals surface area contributed by atoms with Gasteiger partial charge in [-0.25, -0.2) is 0 Å². The number of rotatable bonds is 3. The van der Waals surface area contributed by atoms with Gasteiger partial charge in [0.05, 0.1) is 6.04 Å². The number of aromatic nitrogens is 2. The zero-order valence-electron chi connectivity index (χ0n) is 12.1. The number of carbonyl (C=O) groups excluding carboxylic acids is 1. The van der Waals surface area contributed by atoms with Gasteiger partial charge in [0.15, 0.2) is 5.82 Å². The van der Waals surface area contributed by atoms with Gasteiger partial charge in [0.1, 0.15) is 0 Å². The highest BCUT2D eigenvalue weighted by molar-refractivity contribution is 5.79. The molecule has 3 atom stereocenters. The molecule has 0 bridgehead atoms. The van der Waals surface area contributed by atoms with Gasteiger partial charge in [-0.15, -0.1) is 0 Å². The second-order valence-electron chi connectivity index (χ2n) is 6.63. The first kappa shape index (κ1) is 14.0. The average Bonchev–Trinajstić information content (AvgIpc) is 2.79. The number of hydrogen-bond donors (Lipinski definition) is 1. The zero-order chi connectivity index (χ0) is 14.0. The van der Waals surface area contributed by atoms with Gasteiger partial charge in [-0.3, -0.25) is 4.79 Å². The first-order chi connectivity index (χ1) is 8.87. The molecule has 1 fully saturated rings. The molecule has 0 unspecified atom stereocenters. The molecule has 1 amide bonds. The van der Waals surface area contributed by atoms with Gasteiger partial charge in [0, 0.05) is 5.92 Å². The molecule has 0 saturated heterocycles. The highest BCUT2D eigenvalue weighted by atomic mass is 16.5. The van der Waals surface area contributed by atoms with Crippen LogP contribution < -0.4 is 5.32 Å². The van der Waals surface area contributed by atoms with Crippen LogP contribution in [0.1, 0.15) is 58.8 Å². The standard InChI is InChI=1S/C14H23N3O2/c1-9-5-11(7-14(3,4)6-9)13(18)16-10(2)12-15-8-19-17-12/h8-11H,5-7H2,1-4H3,(H,16,18)/t9-,10-,11+/m1/s1. The molecule has 5 heteroatoms. The van der Waals surface area contributed by atoms with Crippen LogP contribution >= 0.6 is 0 Å². The number of amides is 1. The van der Waals surface area contributed by atoms with E-state index in [4.69, 9.17) is 4.52 Å². The van der Waals surface area contributed by atoms with E-state index >= 15 is 0 Å². The molecule has 0 aromatic carbocycles. The van der Waals surface area contributed by atoms with Crippen LogP contribution in [0.25, 0.3) is 0 Å². The maximum Gasteiger partial charge on any atom is 0.223 e. The second kappa shape index (κ2) is 5.31. The Morgan fingerprint density at radius 1 is 1.53 bits per heavy atom. The average molecular weight is 265 g/mol. The van der Waals surface area contributed by atoms with E-state index in [-0.39, 0.29) is 23.3 Å². The summed E-state index contributed by atoms with van der Waals surface area (Å²) in [7, 11) is 0. The Kier molecular flexibility index (Phi) is 3.92. The normalized spacial score (nSPS) is 27.8. The van der Waals surface area contributed by atoms with Crippen LogP contribution in [0, 0.1) is 17.3 Å². The molecule has 1 N–H and O–H groups in total. The van der Waals surface area contributed by atoms with Crippen LogP contribution in [-0.2, 0) is 4.79 Å². The fraction of sp³-hybridized carbons (Fsp3) is 0.786. The lowest BCUT2D eigenvalue weighted by molar-refractivity contribution is -0.128. The molecule has 106 valence electrons. The van der Waals surface area contributed by atoms with Gasteiger partial charge in [-0.1, -0.05) is 25.9 Å². The molecule has 1 saturated carbocycles. The van der Waals surface area contributed by atoms with Gasteiger partial charge in [-0.05, 0) is 37.5 Å². The van der Waals surface area contributed by atoms with E-state index in [1.54, 1.807) is 0 Å². The molecule has 1 aromatic heterocycles. The van der Waals surface area contributed by atoms with Crippen molar-refractivity contribution in [2.75, 3.05) is 0 Å². The van der Waals surface area contributed by atoms with Crippen molar-refractivity contribution in [3.05, 3.63) is 12.2 Å². The molecule has 0 radical (unpaired) electrons. The number of carbonyl (C=O) groups is 1.